The van der Waals surface area contributed by atoms with Crippen molar-refractivity contribution in [3.8, 4) is 0 Å². The van der Waals surface area contributed by atoms with Crippen molar-refractivity contribution in [1.29, 1.82) is 0 Å². The minimum atomic E-state index is 0.477. The van der Waals surface area contributed by atoms with E-state index in [4.69, 9.17) is 10.5 Å². The number of hydrogen-bond donors (Lipinski definition) is 1. The van der Waals surface area contributed by atoms with Crippen LogP contribution in [0, 0.1) is 5.92 Å². The van der Waals surface area contributed by atoms with Gasteiger partial charge in [0.1, 0.15) is 5.84 Å². The molecule has 1 aliphatic carbocycles. The first kappa shape index (κ1) is 12.1. The van der Waals surface area contributed by atoms with Gasteiger partial charge in [-0.25, -0.2) is 4.99 Å². The van der Waals surface area contributed by atoms with Crippen LogP contribution in [0.5, 0.6) is 0 Å². The lowest BCUT2D eigenvalue weighted by atomic mass is 10.1. The van der Waals surface area contributed by atoms with E-state index in [1.54, 1.807) is 7.11 Å². The third-order valence-corrected chi connectivity index (χ3v) is 3.31. The third-order valence-electron chi connectivity index (χ3n) is 3.31. The summed E-state index contributed by atoms with van der Waals surface area (Å²) in [4.78, 5) is 4.57. The summed E-state index contributed by atoms with van der Waals surface area (Å²) in [5, 5.41) is 0. The summed E-state index contributed by atoms with van der Waals surface area (Å²) < 4.78 is 5.17. The fourth-order valence-corrected chi connectivity index (χ4v) is 2.35. The van der Waals surface area contributed by atoms with Crippen LogP contribution in [0.1, 0.15) is 31.2 Å². The zero-order valence-corrected chi connectivity index (χ0v) is 10.4. The van der Waals surface area contributed by atoms with Gasteiger partial charge in [0, 0.05) is 18.6 Å². The molecule has 1 fully saturated rings. The Balaban J connectivity index is 2.18. The van der Waals surface area contributed by atoms with Gasteiger partial charge < -0.3 is 10.5 Å². The Hall–Kier alpha value is -1.35. The molecule has 2 N–H and O–H groups in total. The summed E-state index contributed by atoms with van der Waals surface area (Å²) >= 11 is 0. The van der Waals surface area contributed by atoms with Gasteiger partial charge in [-0.05, 0) is 18.9 Å². The predicted octanol–water partition coefficient (Wildman–Crippen LogP) is 3.01. The molecule has 3 heteroatoms. The fraction of sp³-hybridized carbons (Fsp3) is 0.500. The van der Waals surface area contributed by atoms with E-state index in [0.29, 0.717) is 12.5 Å². The quantitative estimate of drug-likeness (QED) is 0.640. The van der Waals surface area contributed by atoms with Gasteiger partial charge in [-0.3, -0.25) is 0 Å². The number of para-hydroxylation sites is 1. The molecule has 1 saturated carbocycles. The van der Waals surface area contributed by atoms with E-state index in [-0.39, 0.29) is 0 Å². The summed E-state index contributed by atoms with van der Waals surface area (Å²) in [5.41, 5.74) is 8.12. The van der Waals surface area contributed by atoms with Crippen molar-refractivity contribution in [2.24, 2.45) is 16.6 Å². The highest BCUT2D eigenvalue weighted by Gasteiger charge is 2.18. The normalized spacial score (nSPS) is 17.6. The number of amidine groups is 1. The minimum Gasteiger partial charge on any atom is -0.387 e. The Labute approximate surface area is 103 Å². The number of hydrogen-bond acceptors (Lipinski definition) is 2. The number of nitrogens with two attached hydrogens (primary N) is 1. The SMILES string of the molecule is COCc1ccccc1N=C(N)C1CCCC1. The molecule has 92 valence electrons. The van der Waals surface area contributed by atoms with E-state index in [0.717, 1.165) is 17.1 Å². The lowest BCUT2D eigenvalue weighted by molar-refractivity contribution is 0.185. The number of aliphatic imine (C=N–C) groups is 1. The molecule has 0 atom stereocenters. The Bertz CT molecular complexity index is 395. The average molecular weight is 232 g/mol. The van der Waals surface area contributed by atoms with Crippen LogP contribution in [0.15, 0.2) is 29.3 Å². The van der Waals surface area contributed by atoms with Crippen molar-refractivity contribution >= 4 is 11.5 Å². The molecule has 1 aliphatic rings. The molecular formula is C14H20N2O. The fourth-order valence-electron chi connectivity index (χ4n) is 2.35. The highest BCUT2D eigenvalue weighted by Crippen LogP contribution is 2.27. The van der Waals surface area contributed by atoms with Crippen LogP contribution in [0.4, 0.5) is 5.69 Å². The van der Waals surface area contributed by atoms with Crippen molar-refractivity contribution in [2.45, 2.75) is 32.3 Å². The van der Waals surface area contributed by atoms with Gasteiger partial charge in [0.05, 0.1) is 12.3 Å². The lowest BCUT2D eigenvalue weighted by Gasteiger charge is -2.10. The van der Waals surface area contributed by atoms with Crippen LogP contribution in [0.25, 0.3) is 0 Å². The van der Waals surface area contributed by atoms with Crippen LogP contribution < -0.4 is 5.73 Å². The molecule has 0 unspecified atom stereocenters. The van der Waals surface area contributed by atoms with Gasteiger partial charge in [0.2, 0.25) is 0 Å². The van der Waals surface area contributed by atoms with E-state index >= 15 is 0 Å². The monoisotopic (exact) mass is 232 g/mol. The van der Waals surface area contributed by atoms with Crippen LogP contribution >= 0.6 is 0 Å². The molecule has 0 bridgehead atoms. The van der Waals surface area contributed by atoms with Gasteiger partial charge in [-0.1, -0.05) is 31.0 Å². The van der Waals surface area contributed by atoms with Crippen molar-refractivity contribution in [3.63, 3.8) is 0 Å². The summed E-state index contributed by atoms with van der Waals surface area (Å²) in [6, 6.07) is 8.01. The molecule has 1 aromatic rings. The highest BCUT2D eigenvalue weighted by atomic mass is 16.5. The van der Waals surface area contributed by atoms with Gasteiger partial charge in [0.15, 0.2) is 0 Å². The number of ether oxygens (including phenoxy) is 1. The van der Waals surface area contributed by atoms with E-state index in [1.807, 2.05) is 24.3 Å². The van der Waals surface area contributed by atoms with Gasteiger partial charge >= 0.3 is 0 Å². The predicted molar refractivity (Wildman–Crippen MR) is 70.4 cm³/mol. The number of methoxy groups -OCH3 is 1. The molecule has 0 radical (unpaired) electrons. The molecule has 1 aromatic carbocycles. The van der Waals surface area contributed by atoms with Crippen molar-refractivity contribution < 1.29 is 4.74 Å². The maximum atomic E-state index is 6.09. The number of benzene rings is 1. The van der Waals surface area contributed by atoms with Gasteiger partial charge in [0.25, 0.3) is 0 Å². The summed E-state index contributed by atoms with van der Waals surface area (Å²) in [5.74, 6) is 1.26. The first-order valence-electron chi connectivity index (χ1n) is 6.22. The molecule has 0 saturated heterocycles. The summed E-state index contributed by atoms with van der Waals surface area (Å²) in [6.45, 7) is 0.581. The molecular weight excluding hydrogens is 212 g/mol. The molecule has 17 heavy (non-hydrogen) atoms. The summed E-state index contributed by atoms with van der Waals surface area (Å²) in [6.07, 6.45) is 4.92. The Morgan fingerprint density at radius 1 is 1.35 bits per heavy atom. The van der Waals surface area contributed by atoms with Crippen LogP contribution in [-0.4, -0.2) is 12.9 Å². The van der Waals surface area contributed by atoms with Crippen molar-refractivity contribution in [1.82, 2.24) is 0 Å². The second-order valence-electron chi connectivity index (χ2n) is 4.58. The molecule has 0 amide bonds. The molecule has 0 aliphatic heterocycles. The Morgan fingerprint density at radius 3 is 2.76 bits per heavy atom. The maximum Gasteiger partial charge on any atom is 0.103 e. The topological polar surface area (TPSA) is 47.6 Å². The minimum absolute atomic E-state index is 0.477. The van der Waals surface area contributed by atoms with E-state index in [2.05, 4.69) is 4.99 Å². The Morgan fingerprint density at radius 2 is 2.06 bits per heavy atom. The number of rotatable bonds is 4. The molecule has 2 rings (SSSR count). The highest BCUT2D eigenvalue weighted by molar-refractivity contribution is 5.85. The van der Waals surface area contributed by atoms with E-state index in [1.165, 1.54) is 25.7 Å². The molecule has 3 nitrogen and oxygen atoms in total. The van der Waals surface area contributed by atoms with Crippen LogP contribution in [0.3, 0.4) is 0 Å². The van der Waals surface area contributed by atoms with E-state index in [9.17, 15) is 0 Å². The number of nitrogens with zero attached hydrogens (tertiary/aromatic N) is 1. The summed E-state index contributed by atoms with van der Waals surface area (Å²) in [7, 11) is 1.70. The first-order valence-corrected chi connectivity index (χ1v) is 6.22. The Kier molecular flexibility index (Phi) is 4.15. The molecule has 0 aromatic heterocycles. The van der Waals surface area contributed by atoms with E-state index < -0.39 is 0 Å². The third kappa shape index (κ3) is 3.07. The second-order valence-corrected chi connectivity index (χ2v) is 4.58. The molecule has 0 heterocycles. The molecule has 0 spiro atoms. The zero-order valence-electron chi connectivity index (χ0n) is 10.4. The van der Waals surface area contributed by atoms with Crippen molar-refractivity contribution in [2.75, 3.05) is 7.11 Å². The lowest BCUT2D eigenvalue weighted by Crippen LogP contribution is -2.20. The van der Waals surface area contributed by atoms with Crippen LogP contribution in [0.2, 0.25) is 0 Å². The van der Waals surface area contributed by atoms with Crippen molar-refractivity contribution in [3.05, 3.63) is 29.8 Å². The van der Waals surface area contributed by atoms with Gasteiger partial charge in [-0.2, -0.15) is 0 Å². The first-order chi connectivity index (χ1) is 8.31. The van der Waals surface area contributed by atoms with Crippen LogP contribution in [-0.2, 0) is 11.3 Å². The van der Waals surface area contributed by atoms with Gasteiger partial charge in [-0.15, -0.1) is 0 Å². The standard InChI is InChI=1S/C14H20N2O/c1-17-10-12-8-4-5-9-13(12)16-14(15)11-6-2-3-7-11/h4-5,8-9,11H,2-3,6-7,10H2,1H3,(H2,15,16). The largest absolute Gasteiger partial charge is 0.387 e. The zero-order chi connectivity index (χ0) is 12.1. The smallest absolute Gasteiger partial charge is 0.103 e. The second kappa shape index (κ2) is 5.82. The maximum absolute atomic E-state index is 6.09. The average Bonchev–Trinajstić information content (AvgIpc) is 2.85.